The Kier molecular flexibility index (Phi) is 6.86. The summed E-state index contributed by atoms with van der Waals surface area (Å²) in [5.41, 5.74) is 2.02. The minimum Gasteiger partial charge on any atom is -0.497 e. The Hall–Kier alpha value is -2.87. The van der Waals surface area contributed by atoms with Crippen molar-refractivity contribution in [2.75, 3.05) is 40.0 Å². The van der Waals surface area contributed by atoms with Crippen molar-refractivity contribution in [3.05, 3.63) is 70.9 Å². The van der Waals surface area contributed by atoms with Crippen molar-refractivity contribution >= 4 is 17.5 Å². The zero-order valence-electron chi connectivity index (χ0n) is 17.2. The Labute approximate surface area is 185 Å². The number of ether oxygens (including phenoxy) is 2. The first-order valence-corrected chi connectivity index (χ1v) is 10.5. The maximum atomic E-state index is 12.8. The molecule has 3 aromatic rings. The second-order valence-electron chi connectivity index (χ2n) is 7.20. The van der Waals surface area contributed by atoms with Gasteiger partial charge in [-0.05, 0) is 35.9 Å². The molecule has 0 spiro atoms. The standard InChI is InChI=1S/C23H24ClN3O4/c1-29-17-8-6-16(7-9-17)22-14-20(26-31-22)23(28)25-15-21(27-10-12-30-13-11-27)18-4-2-3-5-19(18)24/h2-9,14,21H,10-13,15H2,1H3,(H,25,28)/t21-/m0/s1. The maximum absolute atomic E-state index is 12.8. The van der Waals surface area contributed by atoms with Crippen LogP contribution in [0.15, 0.2) is 59.1 Å². The molecule has 1 aliphatic heterocycles. The summed E-state index contributed by atoms with van der Waals surface area (Å²) >= 11 is 6.46. The second-order valence-corrected chi connectivity index (χ2v) is 7.61. The van der Waals surface area contributed by atoms with Crippen LogP contribution in [-0.2, 0) is 4.74 Å². The van der Waals surface area contributed by atoms with Gasteiger partial charge in [-0.25, -0.2) is 0 Å². The molecule has 162 valence electrons. The van der Waals surface area contributed by atoms with Gasteiger partial charge in [-0.2, -0.15) is 0 Å². The number of hydrogen-bond acceptors (Lipinski definition) is 6. The van der Waals surface area contributed by atoms with Crippen molar-refractivity contribution in [1.29, 1.82) is 0 Å². The zero-order valence-corrected chi connectivity index (χ0v) is 18.0. The number of benzene rings is 2. The third-order valence-corrected chi connectivity index (χ3v) is 5.67. The number of carbonyl (C=O) groups excluding carboxylic acids is 1. The predicted molar refractivity (Wildman–Crippen MR) is 117 cm³/mol. The summed E-state index contributed by atoms with van der Waals surface area (Å²) in [6.45, 7) is 3.26. The van der Waals surface area contributed by atoms with E-state index < -0.39 is 0 Å². The van der Waals surface area contributed by atoms with E-state index in [1.54, 1.807) is 13.2 Å². The number of rotatable bonds is 7. The third kappa shape index (κ3) is 5.07. The largest absolute Gasteiger partial charge is 0.497 e. The van der Waals surface area contributed by atoms with Crippen molar-refractivity contribution in [3.8, 4) is 17.1 Å². The number of halogens is 1. The van der Waals surface area contributed by atoms with Crippen LogP contribution in [-0.4, -0.2) is 55.9 Å². The van der Waals surface area contributed by atoms with Crippen molar-refractivity contribution in [2.45, 2.75) is 6.04 Å². The van der Waals surface area contributed by atoms with Crippen LogP contribution in [0.4, 0.5) is 0 Å². The molecule has 0 saturated carbocycles. The summed E-state index contributed by atoms with van der Waals surface area (Å²) < 4.78 is 16.0. The lowest BCUT2D eigenvalue weighted by Gasteiger charge is -2.35. The Morgan fingerprint density at radius 2 is 1.94 bits per heavy atom. The number of hydrogen-bond donors (Lipinski definition) is 1. The molecule has 1 N–H and O–H groups in total. The van der Waals surface area contributed by atoms with Gasteiger partial charge in [-0.15, -0.1) is 0 Å². The highest BCUT2D eigenvalue weighted by Gasteiger charge is 2.25. The molecule has 1 aromatic heterocycles. The van der Waals surface area contributed by atoms with E-state index in [9.17, 15) is 4.79 Å². The fourth-order valence-electron chi connectivity index (χ4n) is 3.62. The summed E-state index contributed by atoms with van der Waals surface area (Å²) in [6.07, 6.45) is 0. The molecule has 1 saturated heterocycles. The highest BCUT2D eigenvalue weighted by molar-refractivity contribution is 6.31. The minimum atomic E-state index is -0.297. The lowest BCUT2D eigenvalue weighted by atomic mass is 10.0. The number of nitrogens with zero attached hydrogens (tertiary/aromatic N) is 2. The lowest BCUT2D eigenvalue weighted by molar-refractivity contribution is 0.0162. The lowest BCUT2D eigenvalue weighted by Crippen LogP contribution is -2.44. The number of carbonyl (C=O) groups is 1. The highest BCUT2D eigenvalue weighted by Crippen LogP contribution is 2.28. The molecule has 31 heavy (non-hydrogen) atoms. The summed E-state index contributed by atoms with van der Waals surface area (Å²) in [5.74, 6) is 0.965. The van der Waals surface area contributed by atoms with E-state index in [1.165, 1.54) is 0 Å². The van der Waals surface area contributed by atoms with E-state index in [2.05, 4.69) is 15.4 Å². The van der Waals surface area contributed by atoms with E-state index >= 15 is 0 Å². The van der Waals surface area contributed by atoms with Gasteiger partial charge in [-0.1, -0.05) is 35.0 Å². The van der Waals surface area contributed by atoms with Crippen molar-refractivity contribution in [2.24, 2.45) is 0 Å². The van der Waals surface area contributed by atoms with E-state index in [-0.39, 0.29) is 17.6 Å². The Balaban J connectivity index is 1.46. The highest BCUT2D eigenvalue weighted by atomic mass is 35.5. The number of morpholine rings is 1. The Morgan fingerprint density at radius 3 is 2.65 bits per heavy atom. The molecule has 2 heterocycles. The van der Waals surface area contributed by atoms with Crippen LogP contribution >= 0.6 is 11.6 Å². The average molecular weight is 442 g/mol. The van der Waals surface area contributed by atoms with Gasteiger partial charge in [0.05, 0.1) is 26.4 Å². The van der Waals surface area contributed by atoms with Gasteiger partial charge in [0, 0.05) is 36.3 Å². The van der Waals surface area contributed by atoms with Crippen LogP contribution in [0.2, 0.25) is 5.02 Å². The van der Waals surface area contributed by atoms with E-state index in [0.717, 1.165) is 30.0 Å². The quantitative estimate of drug-likeness (QED) is 0.600. The normalized spacial score (nSPS) is 15.4. The monoisotopic (exact) mass is 441 g/mol. The SMILES string of the molecule is COc1ccc(-c2cc(C(=O)NC[C@@H](c3ccccc3Cl)N3CCOCC3)no2)cc1. The van der Waals surface area contributed by atoms with E-state index in [4.69, 9.17) is 25.6 Å². The molecule has 1 atom stereocenters. The fraction of sp³-hybridized carbons (Fsp3) is 0.304. The summed E-state index contributed by atoms with van der Waals surface area (Å²) in [5, 5.41) is 7.60. The summed E-state index contributed by atoms with van der Waals surface area (Å²) in [7, 11) is 1.61. The third-order valence-electron chi connectivity index (χ3n) is 5.32. The van der Waals surface area contributed by atoms with Crippen LogP contribution < -0.4 is 10.1 Å². The molecular formula is C23H24ClN3O4. The second kappa shape index (κ2) is 9.96. The number of amides is 1. The van der Waals surface area contributed by atoms with E-state index in [1.807, 2.05) is 48.5 Å². The smallest absolute Gasteiger partial charge is 0.273 e. The molecule has 0 bridgehead atoms. The van der Waals surface area contributed by atoms with Gasteiger partial charge in [0.1, 0.15) is 5.75 Å². The predicted octanol–water partition coefficient (Wildman–Crippen LogP) is 3.81. The van der Waals surface area contributed by atoms with Gasteiger partial charge < -0.3 is 19.3 Å². The first kappa shape index (κ1) is 21.4. The molecule has 1 fully saturated rings. The zero-order chi connectivity index (χ0) is 21.6. The number of nitrogens with one attached hydrogen (secondary N) is 1. The minimum absolute atomic E-state index is 0.0606. The molecule has 0 unspecified atom stereocenters. The van der Waals surface area contributed by atoms with Crippen LogP contribution in [0.3, 0.4) is 0 Å². The van der Waals surface area contributed by atoms with E-state index in [0.29, 0.717) is 30.5 Å². The molecular weight excluding hydrogens is 418 g/mol. The molecule has 0 radical (unpaired) electrons. The Morgan fingerprint density at radius 1 is 1.19 bits per heavy atom. The van der Waals surface area contributed by atoms with Crippen molar-refractivity contribution in [1.82, 2.24) is 15.4 Å². The molecule has 2 aromatic carbocycles. The summed E-state index contributed by atoms with van der Waals surface area (Å²) in [6, 6.07) is 16.6. The van der Waals surface area contributed by atoms with Crippen LogP contribution in [0.1, 0.15) is 22.1 Å². The molecule has 0 aliphatic carbocycles. The average Bonchev–Trinajstić information content (AvgIpc) is 3.31. The van der Waals surface area contributed by atoms with Crippen LogP contribution in [0.5, 0.6) is 5.75 Å². The van der Waals surface area contributed by atoms with Gasteiger partial charge >= 0.3 is 0 Å². The summed E-state index contributed by atoms with van der Waals surface area (Å²) in [4.78, 5) is 15.0. The van der Waals surface area contributed by atoms with Crippen molar-refractivity contribution < 1.29 is 18.8 Å². The molecule has 7 nitrogen and oxygen atoms in total. The van der Waals surface area contributed by atoms with Gasteiger partial charge in [0.2, 0.25) is 0 Å². The van der Waals surface area contributed by atoms with Crippen molar-refractivity contribution in [3.63, 3.8) is 0 Å². The first-order chi connectivity index (χ1) is 15.2. The van der Waals surface area contributed by atoms with Gasteiger partial charge in [0.15, 0.2) is 11.5 Å². The van der Waals surface area contributed by atoms with Crippen LogP contribution in [0, 0.1) is 0 Å². The topological polar surface area (TPSA) is 76.8 Å². The fourth-order valence-corrected chi connectivity index (χ4v) is 3.89. The van der Waals surface area contributed by atoms with Gasteiger partial charge in [0.25, 0.3) is 5.91 Å². The van der Waals surface area contributed by atoms with Gasteiger partial charge in [-0.3, -0.25) is 9.69 Å². The molecule has 1 aliphatic rings. The molecule has 1 amide bonds. The number of aromatic nitrogens is 1. The Bertz CT molecular complexity index is 1020. The molecule has 8 heteroatoms. The van der Waals surface area contributed by atoms with Crippen LogP contribution in [0.25, 0.3) is 11.3 Å². The molecule has 4 rings (SSSR count). The maximum Gasteiger partial charge on any atom is 0.273 e. The first-order valence-electron chi connectivity index (χ1n) is 10.1. The number of methoxy groups -OCH3 is 1.